The van der Waals surface area contributed by atoms with Crippen molar-refractivity contribution in [3.63, 3.8) is 0 Å². The summed E-state index contributed by atoms with van der Waals surface area (Å²) >= 11 is 3.10. The Labute approximate surface area is 85.1 Å². The first-order chi connectivity index (χ1) is 6.19. The number of hydrogen-bond acceptors (Lipinski definition) is 3. The summed E-state index contributed by atoms with van der Waals surface area (Å²) in [5.74, 6) is 0.623. The summed E-state index contributed by atoms with van der Waals surface area (Å²) in [6.45, 7) is 5.71. The number of nitrogens with one attached hydrogen (secondary N) is 1. The molecular formula is C8H12BrN3O. The molecule has 0 aliphatic heterocycles. The normalized spacial score (nSPS) is 10.1. The molecule has 0 bridgehead atoms. The number of aromatic nitrogens is 2. The molecule has 0 spiro atoms. The monoisotopic (exact) mass is 245 g/mol. The van der Waals surface area contributed by atoms with Crippen molar-refractivity contribution in [2.24, 2.45) is 0 Å². The van der Waals surface area contributed by atoms with Crippen LogP contribution in [0.25, 0.3) is 0 Å². The number of halogens is 1. The van der Waals surface area contributed by atoms with Crippen LogP contribution in [0.4, 0.5) is 5.95 Å². The van der Waals surface area contributed by atoms with Gasteiger partial charge in [0, 0.05) is 13.1 Å². The lowest BCUT2D eigenvalue weighted by Crippen LogP contribution is -2.26. The van der Waals surface area contributed by atoms with Crippen molar-refractivity contribution in [1.82, 2.24) is 9.97 Å². The SMILES string of the molecule is CCN(CC)c1ncc(Br)c(=O)[nH]1. The highest BCUT2D eigenvalue weighted by Crippen LogP contribution is 2.05. The fourth-order valence-electron chi connectivity index (χ4n) is 1.05. The molecule has 0 saturated heterocycles. The minimum atomic E-state index is -0.142. The van der Waals surface area contributed by atoms with Crippen molar-refractivity contribution < 1.29 is 0 Å². The molecule has 0 radical (unpaired) electrons. The molecule has 72 valence electrons. The van der Waals surface area contributed by atoms with Crippen molar-refractivity contribution in [3.8, 4) is 0 Å². The van der Waals surface area contributed by atoms with Gasteiger partial charge in [0.15, 0.2) is 0 Å². The molecule has 0 saturated carbocycles. The summed E-state index contributed by atoms with van der Waals surface area (Å²) in [6.07, 6.45) is 1.52. The molecule has 4 nitrogen and oxygen atoms in total. The van der Waals surface area contributed by atoms with Gasteiger partial charge in [0.1, 0.15) is 4.47 Å². The lowest BCUT2D eigenvalue weighted by atomic mass is 10.5. The highest BCUT2D eigenvalue weighted by atomic mass is 79.9. The molecule has 1 heterocycles. The summed E-state index contributed by atoms with van der Waals surface area (Å²) in [7, 11) is 0. The Morgan fingerprint density at radius 2 is 2.15 bits per heavy atom. The van der Waals surface area contributed by atoms with Gasteiger partial charge in [0.2, 0.25) is 5.95 Å². The van der Waals surface area contributed by atoms with Crippen molar-refractivity contribution in [3.05, 3.63) is 21.0 Å². The van der Waals surface area contributed by atoms with Crippen molar-refractivity contribution >= 4 is 21.9 Å². The Morgan fingerprint density at radius 1 is 1.54 bits per heavy atom. The smallest absolute Gasteiger partial charge is 0.266 e. The first kappa shape index (κ1) is 10.2. The zero-order chi connectivity index (χ0) is 9.84. The van der Waals surface area contributed by atoms with Crippen molar-refractivity contribution in [1.29, 1.82) is 0 Å². The van der Waals surface area contributed by atoms with E-state index in [9.17, 15) is 4.79 Å². The van der Waals surface area contributed by atoms with Gasteiger partial charge in [0.25, 0.3) is 5.56 Å². The van der Waals surface area contributed by atoms with E-state index < -0.39 is 0 Å². The molecular weight excluding hydrogens is 234 g/mol. The number of nitrogens with zero attached hydrogens (tertiary/aromatic N) is 2. The molecule has 0 aliphatic rings. The molecule has 0 aromatic carbocycles. The van der Waals surface area contributed by atoms with Gasteiger partial charge in [-0.15, -0.1) is 0 Å². The quantitative estimate of drug-likeness (QED) is 0.876. The van der Waals surface area contributed by atoms with Gasteiger partial charge in [-0.25, -0.2) is 4.98 Å². The van der Waals surface area contributed by atoms with Crippen LogP contribution in [0.1, 0.15) is 13.8 Å². The first-order valence-electron chi connectivity index (χ1n) is 4.18. The largest absolute Gasteiger partial charge is 0.343 e. The second kappa shape index (κ2) is 4.41. The molecule has 0 amide bonds. The maximum absolute atomic E-state index is 11.2. The third kappa shape index (κ3) is 2.30. The standard InChI is InChI=1S/C8H12BrN3O/c1-3-12(4-2)8-10-5-6(9)7(13)11-8/h5H,3-4H2,1-2H3,(H,10,11,13). The maximum Gasteiger partial charge on any atom is 0.266 e. The van der Waals surface area contributed by atoms with E-state index in [-0.39, 0.29) is 5.56 Å². The fourth-order valence-corrected chi connectivity index (χ4v) is 1.26. The Morgan fingerprint density at radius 3 is 2.62 bits per heavy atom. The summed E-state index contributed by atoms with van der Waals surface area (Å²) in [5, 5.41) is 0. The number of aromatic amines is 1. The van der Waals surface area contributed by atoms with Crippen LogP contribution < -0.4 is 10.5 Å². The maximum atomic E-state index is 11.2. The van der Waals surface area contributed by atoms with E-state index in [1.165, 1.54) is 6.20 Å². The van der Waals surface area contributed by atoms with Crippen molar-refractivity contribution in [2.45, 2.75) is 13.8 Å². The molecule has 0 atom stereocenters. The Bertz CT molecular complexity index is 332. The molecule has 1 N–H and O–H groups in total. The topological polar surface area (TPSA) is 49.0 Å². The molecule has 13 heavy (non-hydrogen) atoms. The molecule has 0 aliphatic carbocycles. The lowest BCUT2D eigenvalue weighted by molar-refractivity contribution is 0.814. The molecule has 0 unspecified atom stereocenters. The average Bonchev–Trinajstić information content (AvgIpc) is 2.13. The Kier molecular flexibility index (Phi) is 3.48. The second-order valence-corrected chi connectivity index (χ2v) is 3.41. The zero-order valence-electron chi connectivity index (χ0n) is 7.67. The van der Waals surface area contributed by atoms with E-state index in [1.807, 2.05) is 18.7 Å². The number of anilines is 1. The van der Waals surface area contributed by atoms with Gasteiger partial charge in [-0.2, -0.15) is 0 Å². The second-order valence-electron chi connectivity index (χ2n) is 2.56. The molecule has 5 heteroatoms. The van der Waals surface area contributed by atoms with Crippen LogP contribution in [-0.2, 0) is 0 Å². The molecule has 1 aromatic rings. The van der Waals surface area contributed by atoms with Gasteiger partial charge in [-0.05, 0) is 29.8 Å². The molecule has 1 aromatic heterocycles. The number of H-pyrrole nitrogens is 1. The lowest BCUT2D eigenvalue weighted by Gasteiger charge is -2.18. The number of hydrogen-bond donors (Lipinski definition) is 1. The summed E-state index contributed by atoms with van der Waals surface area (Å²) < 4.78 is 0.461. The van der Waals surface area contributed by atoms with Crippen LogP contribution >= 0.6 is 15.9 Å². The summed E-state index contributed by atoms with van der Waals surface area (Å²) in [6, 6.07) is 0. The minimum Gasteiger partial charge on any atom is -0.343 e. The third-order valence-electron chi connectivity index (χ3n) is 1.81. The predicted octanol–water partition coefficient (Wildman–Crippen LogP) is 1.38. The van der Waals surface area contributed by atoms with Crippen molar-refractivity contribution in [2.75, 3.05) is 18.0 Å². The first-order valence-corrected chi connectivity index (χ1v) is 4.98. The summed E-state index contributed by atoms with van der Waals surface area (Å²) in [4.78, 5) is 20.0. The van der Waals surface area contributed by atoms with E-state index >= 15 is 0 Å². The van der Waals surface area contributed by atoms with Crippen LogP contribution in [0.15, 0.2) is 15.5 Å². The Balaban J connectivity index is 3.02. The number of rotatable bonds is 3. The third-order valence-corrected chi connectivity index (χ3v) is 2.37. The van der Waals surface area contributed by atoms with E-state index in [0.29, 0.717) is 10.4 Å². The van der Waals surface area contributed by atoms with E-state index in [0.717, 1.165) is 13.1 Å². The molecule has 0 fully saturated rings. The van der Waals surface area contributed by atoms with Crippen LogP contribution in [0.5, 0.6) is 0 Å². The van der Waals surface area contributed by atoms with Gasteiger partial charge in [-0.3, -0.25) is 9.78 Å². The minimum absolute atomic E-state index is 0.142. The van der Waals surface area contributed by atoms with Crippen LogP contribution in [0.2, 0.25) is 0 Å². The van der Waals surface area contributed by atoms with E-state index in [2.05, 4.69) is 25.9 Å². The Hall–Kier alpha value is -0.840. The van der Waals surface area contributed by atoms with Crippen LogP contribution in [0, 0.1) is 0 Å². The van der Waals surface area contributed by atoms with E-state index in [4.69, 9.17) is 0 Å². The average molecular weight is 246 g/mol. The van der Waals surface area contributed by atoms with Gasteiger partial charge in [-0.1, -0.05) is 0 Å². The van der Waals surface area contributed by atoms with E-state index in [1.54, 1.807) is 0 Å². The highest BCUT2D eigenvalue weighted by Gasteiger charge is 2.04. The summed E-state index contributed by atoms with van der Waals surface area (Å²) in [5.41, 5.74) is -0.142. The van der Waals surface area contributed by atoms with Crippen LogP contribution in [0.3, 0.4) is 0 Å². The van der Waals surface area contributed by atoms with Gasteiger partial charge in [0.05, 0.1) is 6.20 Å². The van der Waals surface area contributed by atoms with Gasteiger partial charge < -0.3 is 4.90 Å². The van der Waals surface area contributed by atoms with Gasteiger partial charge >= 0.3 is 0 Å². The highest BCUT2D eigenvalue weighted by molar-refractivity contribution is 9.10. The molecule has 1 rings (SSSR count). The van der Waals surface area contributed by atoms with Crippen LogP contribution in [-0.4, -0.2) is 23.1 Å². The predicted molar refractivity (Wildman–Crippen MR) is 56.1 cm³/mol. The fraction of sp³-hybridized carbons (Fsp3) is 0.500. The zero-order valence-corrected chi connectivity index (χ0v) is 9.26.